The molecule has 1 amide bonds. The third kappa shape index (κ3) is 8.65. The minimum Gasteiger partial charge on any atom is -0.480 e. The highest BCUT2D eigenvalue weighted by Gasteiger charge is 2.18. The Morgan fingerprint density at radius 1 is 1.43 bits per heavy atom. The molecule has 0 bridgehead atoms. The van der Waals surface area contributed by atoms with Gasteiger partial charge in [-0.15, -0.1) is 0 Å². The molecule has 0 aromatic carbocycles. The Balaban J connectivity index is 4.52. The van der Waals surface area contributed by atoms with Crippen molar-refractivity contribution in [2.24, 2.45) is 5.92 Å². The van der Waals surface area contributed by atoms with Crippen LogP contribution >= 0.6 is 0 Å². The number of ether oxygens (including phenoxy) is 1. The summed E-state index contributed by atoms with van der Waals surface area (Å²) >= 11 is 0. The van der Waals surface area contributed by atoms with Crippen LogP contribution in [0.15, 0.2) is 11.8 Å². The summed E-state index contributed by atoms with van der Waals surface area (Å²) < 4.78 is 4.84. The SMILES string of the molecule is COCCCNC(=O)/C(C#N)=C\NC(CC(C)C)C(=O)O. The van der Waals surface area contributed by atoms with Crippen molar-refractivity contribution in [3.63, 3.8) is 0 Å². The molecule has 0 aliphatic carbocycles. The largest absolute Gasteiger partial charge is 0.480 e. The first-order valence-electron chi connectivity index (χ1n) is 6.78. The Bertz CT molecular complexity index is 413. The number of rotatable bonds is 10. The maximum absolute atomic E-state index is 11.7. The summed E-state index contributed by atoms with van der Waals surface area (Å²) in [7, 11) is 1.56. The van der Waals surface area contributed by atoms with Gasteiger partial charge in [0.05, 0.1) is 0 Å². The van der Waals surface area contributed by atoms with Gasteiger partial charge in [-0.2, -0.15) is 5.26 Å². The van der Waals surface area contributed by atoms with E-state index in [0.717, 1.165) is 6.20 Å². The third-order valence-corrected chi connectivity index (χ3v) is 2.61. The van der Waals surface area contributed by atoms with Gasteiger partial charge in [-0.3, -0.25) is 4.79 Å². The van der Waals surface area contributed by atoms with E-state index in [9.17, 15) is 9.59 Å². The van der Waals surface area contributed by atoms with Gasteiger partial charge in [0, 0.05) is 26.5 Å². The van der Waals surface area contributed by atoms with Crippen LogP contribution in [-0.4, -0.2) is 43.3 Å². The maximum atomic E-state index is 11.7. The molecule has 0 aliphatic rings. The van der Waals surface area contributed by atoms with E-state index in [2.05, 4.69) is 10.6 Å². The van der Waals surface area contributed by atoms with E-state index in [0.29, 0.717) is 26.0 Å². The molecule has 0 saturated heterocycles. The molecule has 3 N–H and O–H groups in total. The van der Waals surface area contributed by atoms with Crippen molar-refractivity contribution in [1.29, 1.82) is 5.26 Å². The third-order valence-electron chi connectivity index (χ3n) is 2.61. The molecule has 0 radical (unpaired) electrons. The van der Waals surface area contributed by atoms with Crippen LogP contribution in [0.4, 0.5) is 0 Å². The van der Waals surface area contributed by atoms with Gasteiger partial charge in [0.1, 0.15) is 17.7 Å². The topological polar surface area (TPSA) is 111 Å². The lowest BCUT2D eigenvalue weighted by molar-refractivity contribution is -0.139. The smallest absolute Gasteiger partial charge is 0.326 e. The molecule has 0 saturated carbocycles. The van der Waals surface area contributed by atoms with E-state index < -0.39 is 17.9 Å². The average Bonchev–Trinajstić information content (AvgIpc) is 2.42. The quantitative estimate of drug-likeness (QED) is 0.310. The number of methoxy groups -OCH3 is 1. The van der Waals surface area contributed by atoms with Crippen LogP contribution in [0.2, 0.25) is 0 Å². The molecule has 0 aromatic rings. The van der Waals surface area contributed by atoms with E-state index in [1.54, 1.807) is 13.2 Å². The molecule has 0 rings (SSSR count). The number of amides is 1. The Labute approximate surface area is 125 Å². The van der Waals surface area contributed by atoms with Crippen molar-refractivity contribution in [1.82, 2.24) is 10.6 Å². The summed E-state index contributed by atoms with van der Waals surface area (Å²) in [6, 6.07) is 0.928. The Morgan fingerprint density at radius 2 is 2.10 bits per heavy atom. The number of hydrogen-bond donors (Lipinski definition) is 3. The fourth-order valence-corrected chi connectivity index (χ4v) is 1.56. The fraction of sp³-hybridized carbons (Fsp3) is 0.643. The summed E-state index contributed by atoms with van der Waals surface area (Å²) in [6.45, 7) is 4.70. The second kappa shape index (κ2) is 10.7. The number of hydrogen-bond acceptors (Lipinski definition) is 5. The normalized spacial score (nSPS) is 12.6. The number of aliphatic carboxylic acids is 1. The van der Waals surface area contributed by atoms with Crippen molar-refractivity contribution < 1.29 is 19.4 Å². The highest BCUT2D eigenvalue weighted by molar-refractivity contribution is 5.97. The van der Waals surface area contributed by atoms with E-state index in [1.807, 2.05) is 13.8 Å². The van der Waals surface area contributed by atoms with E-state index in [-0.39, 0.29) is 11.5 Å². The predicted molar refractivity (Wildman–Crippen MR) is 77.2 cm³/mol. The standard InChI is InChI=1S/C14H23N3O4/c1-10(2)7-12(14(19)20)17-9-11(8-15)13(18)16-5-4-6-21-3/h9-10,12,17H,4-7H2,1-3H3,(H,16,18)(H,19,20)/b11-9-. The molecule has 7 heteroatoms. The van der Waals surface area contributed by atoms with Crippen molar-refractivity contribution in [2.45, 2.75) is 32.7 Å². The van der Waals surface area contributed by atoms with Gasteiger partial charge in [-0.25, -0.2) is 4.79 Å². The number of nitriles is 1. The number of carbonyl (C=O) groups excluding carboxylic acids is 1. The first-order valence-corrected chi connectivity index (χ1v) is 6.78. The van der Waals surface area contributed by atoms with Gasteiger partial charge < -0.3 is 20.5 Å². The second-order valence-corrected chi connectivity index (χ2v) is 4.96. The zero-order chi connectivity index (χ0) is 16.3. The van der Waals surface area contributed by atoms with Gasteiger partial charge in [0.2, 0.25) is 0 Å². The van der Waals surface area contributed by atoms with Crippen LogP contribution in [0, 0.1) is 17.2 Å². The van der Waals surface area contributed by atoms with Crippen molar-refractivity contribution in [2.75, 3.05) is 20.3 Å². The minimum absolute atomic E-state index is 0.151. The first kappa shape index (κ1) is 18.9. The summed E-state index contributed by atoms with van der Waals surface area (Å²) in [5, 5.41) is 23.2. The van der Waals surface area contributed by atoms with Gasteiger partial charge in [0.15, 0.2) is 0 Å². The molecule has 0 heterocycles. The number of carbonyl (C=O) groups is 2. The molecule has 7 nitrogen and oxygen atoms in total. The summed E-state index contributed by atoms with van der Waals surface area (Å²) in [4.78, 5) is 22.8. The predicted octanol–water partition coefficient (Wildman–Crippen LogP) is 0.635. The number of nitrogens with one attached hydrogen (secondary N) is 2. The molecule has 0 aliphatic heterocycles. The molecule has 1 unspecified atom stereocenters. The summed E-state index contributed by atoms with van der Waals surface area (Å²) in [5.41, 5.74) is -0.151. The molecule has 1 atom stereocenters. The summed E-state index contributed by atoms with van der Waals surface area (Å²) in [5.74, 6) is -1.37. The number of carboxylic acids is 1. The molecule has 21 heavy (non-hydrogen) atoms. The van der Waals surface area contributed by atoms with Crippen LogP contribution in [0.5, 0.6) is 0 Å². The lowest BCUT2D eigenvalue weighted by Gasteiger charge is -2.15. The van der Waals surface area contributed by atoms with Gasteiger partial charge in [0.25, 0.3) is 5.91 Å². The van der Waals surface area contributed by atoms with Crippen molar-refractivity contribution in [3.8, 4) is 6.07 Å². The first-order chi connectivity index (χ1) is 9.92. The highest BCUT2D eigenvalue weighted by atomic mass is 16.5. The van der Waals surface area contributed by atoms with Crippen LogP contribution in [0.25, 0.3) is 0 Å². The number of nitrogens with zero attached hydrogens (tertiary/aromatic N) is 1. The van der Waals surface area contributed by atoms with Gasteiger partial charge in [-0.1, -0.05) is 13.8 Å². The summed E-state index contributed by atoms with van der Waals surface area (Å²) in [6.07, 6.45) is 2.20. The van der Waals surface area contributed by atoms with Crippen molar-refractivity contribution >= 4 is 11.9 Å². The van der Waals surface area contributed by atoms with Crippen LogP contribution in [0.1, 0.15) is 26.7 Å². The van der Waals surface area contributed by atoms with E-state index in [4.69, 9.17) is 15.1 Å². The van der Waals surface area contributed by atoms with Crippen LogP contribution < -0.4 is 10.6 Å². The monoisotopic (exact) mass is 297 g/mol. The van der Waals surface area contributed by atoms with E-state index >= 15 is 0 Å². The van der Waals surface area contributed by atoms with Crippen LogP contribution in [-0.2, 0) is 14.3 Å². The zero-order valence-electron chi connectivity index (χ0n) is 12.7. The highest BCUT2D eigenvalue weighted by Crippen LogP contribution is 2.05. The zero-order valence-corrected chi connectivity index (χ0v) is 12.7. The maximum Gasteiger partial charge on any atom is 0.326 e. The number of carboxylic acid groups (broad SMARTS) is 1. The Morgan fingerprint density at radius 3 is 2.57 bits per heavy atom. The molecule has 0 fully saturated rings. The minimum atomic E-state index is -1.02. The average molecular weight is 297 g/mol. The molecular formula is C14H23N3O4. The molecule has 0 aromatic heterocycles. The van der Waals surface area contributed by atoms with Crippen LogP contribution in [0.3, 0.4) is 0 Å². The van der Waals surface area contributed by atoms with Crippen molar-refractivity contribution in [3.05, 3.63) is 11.8 Å². The van der Waals surface area contributed by atoms with Gasteiger partial charge >= 0.3 is 5.97 Å². The second-order valence-electron chi connectivity index (χ2n) is 4.96. The van der Waals surface area contributed by atoms with Gasteiger partial charge in [-0.05, 0) is 18.8 Å². The lowest BCUT2D eigenvalue weighted by atomic mass is 10.0. The van der Waals surface area contributed by atoms with E-state index in [1.165, 1.54) is 0 Å². The fourth-order valence-electron chi connectivity index (χ4n) is 1.56. The Kier molecular flexibility index (Phi) is 9.63. The molecular weight excluding hydrogens is 274 g/mol. The molecule has 0 spiro atoms. The lowest BCUT2D eigenvalue weighted by Crippen LogP contribution is -2.35. The molecule has 118 valence electrons. The Hall–Kier alpha value is -2.07.